The van der Waals surface area contributed by atoms with E-state index in [4.69, 9.17) is 5.26 Å². The summed E-state index contributed by atoms with van der Waals surface area (Å²) in [7, 11) is 0. The summed E-state index contributed by atoms with van der Waals surface area (Å²) in [4.78, 5) is 17.0. The first-order chi connectivity index (χ1) is 12.1. The summed E-state index contributed by atoms with van der Waals surface area (Å²) in [6, 6.07) is 3.42. The van der Waals surface area contributed by atoms with Gasteiger partial charge >= 0.3 is 0 Å². The minimum Gasteiger partial charge on any atom is -0.348 e. The van der Waals surface area contributed by atoms with Crippen LogP contribution in [0, 0.1) is 37.0 Å². The van der Waals surface area contributed by atoms with Gasteiger partial charge in [-0.25, -0.2) is 4.98 Å². The number of nitrogens with zero attached hydrogens (tertiary/aromatic N) is 2. The Balaban J connectivity index is 1.45. The van der Waals surface area contributed by atoms with E-state index in [2.05, 4.69) is 27.2 Å². The number of hydrogen-bond acceptors (Lipinski definition) is 5. The minimum absolute atomic E-state index is 0.115. The summed E-state index contributed by atoms with van der Waals surface area (Å²) in [5.74, 6) is 1.29. The molecule has 1 aromatic heterocycles. The molecule has 1 saturated heterocycles. The standard InChI is InChI=1S/C19H25N5O/c1-10-11(2)17(21-9-13(10)8-20)19(25)22-14-5-6-16-15(7-14)18(24-23-16)12-3-4-12/h9,12,14-16,18,23-24H,3-7H2,1-2H3,(H,22,25). The van der Waals surface area contributed by atoms with Gasteiger partial charge in [0.05, 0.1) is 5.56 Å². The van der Waals surface area contributed by atoms with Crippen LogP contribution in [0.3, 0.4) is 0 Å². The van der Waals surface area contributed by atoms with Gasteiger partial charge in [0.1, 0.15) is 11.8 Å². The van der Waals surface area contributed by atoms with E-state index in [9.17, 15) is 4.79 Å². The SMILES string of the molecule is Cc1c(C#N)cnc(C(=O)NC2CCC3NNC(C4CC4)C3C2)c1C. The van der Waals surface area contributed by atoms with Gasteiger partial charge in [-0.05, 0) is 68.9 Å². The molecule has 3 N–H and O–H groups in total. The van der Waals surface area contributed by atoms with E-state index in [1.807, 2.05) is 13.8 Å². The predicted octanol–water partition coefficient (Wildman–Crippen LogP) is 1.72. The van der Waals surface area contributed by atoms with Crippen LogP contribution in [0.4, 0.5) is 0 Å². The molecule has 132 valence electrons. The molecule has 4 atom stereocenters. The van der Waals surface area contributed by atoms with E-state index in [1.165, 1.54) is 19.0 Å². The molecule has 0 spiro atoms. The first-order valence-electron chi connectivity index (χ1n) is 9.26. The molecule has 1 amide bonds. The molecule has 1 aliphatic heterocycles. The molecule has 2 saturated carbocycles. The quantitative estimate of drug-likeness (QED) is 0.780. The molecule has 0 bridgehead atoms. The van der Waals surface area contributed by atoms with Crippen LogP contribution in [0.25, 0.3) is 0 Å². The van der Waals surface area contributed by atoms with Crippen molar-refractivity contribution in [2.45, 2.75) is 64.1 Å². The molecule has 4 unspecified atom stereocenters. The van der Waals surface area contributed by atoms with Crippen molar-refractivity contribution in [2.24, 2.45) is 11.8 Å². The Morgan fingerprint density at radius 3 is 2.76 bits per heavy atom. The molecule has 4 rings (SSSR count). The fraction of sp³-hybridized carbons (Fsp3) is 0.632. The maximum absolute atomic E-state index is 12.7. The molecule has 6 heteroatoms. The van der Waals surface area contributed by atoms with Crippen LogP contribution in [0.5, 0.6) is 0 Å². The van der Waals surface area contributed by atoms with Crippen molar-refractivity contribution in [1.82, 2.24) is 21.2 Å². The second-order valence-electron chi connectivity index (χ2n) is 7.79. The Bertz CT molecular complexity index is 736. The van der Waals surface area contributed by atoms with Crippen LogP contribution in [-0.2, 0) is 0 Å². The van der Waals surface area contributed by atoms with Gasteiger partial charge in [-0.15, -0.1) is 0 Å². The summed E-state index contributed by atoms with van der Waals surface area (Å²) in [6.45, 7) is 3.73. The average Bonchev–Trinajstić information content (AvgIpc) is 3.37. The molecule has 3 fully saturated rings. The number of fused-ring (bicyclic) bond motifs is 1. The monoisotopic (exact) mass is 339 g/mol. The number of rotatable bonds is 3. The molecule has 3 aliphatic rings. The van der Waals surface area contributed by atoms with Gasteiger partial charge in [-0.2, -0.15) is 5.26 Å². The summed E-state index contributed by atoms with van der Waals surface area (Å²) < 4.78 is 0. The van der Waals surface area contributed by atoms with Crippen molar-refractivity contribution in [3.8, 4) is 6.07 Å². The molecule has 25 heavy (non-hydrogen) atoms. The highest BCUT2D eigenvalue weighted by Crippen LogP contribution is 2.42. The predicted molar refractivity (Wildman–Crippen MR) is 93.6 cm³/mol. The molecular weight excluding hydrogens is 314 g/mol. The van der Waals surface area contributed by atoms with E-state index in [0.29, 0.717) is 29.3 Å². The van der Waals surface area contributed by atoms with Crippen molar-refractivity contribution in [2.75, 3.05) is 0 Å². The van der Waals surface area contributed by atoms with E-state index >= 15 is 0 Å². The first kappa shape index (κ1) is 16.5. The number of aromatic nitrogens is 1. The zero-order valence-corrected chi connectivity index (χ0v) is 14.8. The second kappa shape index (κ2) is 6.40. The summed E-state index contributed by atoms with van der Waals surface area (Å²) >= 11 is 0. The fourth-order valence-electron chi connectivity index (χ4n) is 4.44. The molecule has 2 aliphatic carbocycles. The van der Waals surface area contributed by atoms with Gasteiger partial charge in [0, 0.05) is 24.3 Å². The highest BCUT2D eigenvalue weighted by Gasteiger charge is 2.46. The highest BCUT2D eigenvalue weighted by molar-refractivity contribution is 5.94. The molecule has 2 heterocycles. The number of hydrazine groups is 1. The van der Waals surface area contributed by atoms with Crippen LogP contribution in [0.2, 0.25) is 0 Å². The number of nitriles is 1. The van der Waals surface area contributed by atoms with Crippen molar-refractivity contribution < 1.29 is 4.79 Å². The smallest absolute Gasteiger partial charge is 0.270 e. The van der Waals surface area contributed by atoms with Gasteiger partial charge in [-0.3, -0.25) is 15.6 Å². The number of amides is 1. The Hall–Kier alpha value is -1.97. The van der Waals surface area contributed by atoms with Crippen molar-refractivity contribution in [3.05, 3.63) is 28.6 Å². The van der Waals surface area contributed by atoms with Gasteiger partial charge in [0.2, 0.25) is 0 Å². The molecular formula is C19H25N5O. The number of nitrogens with one attached hydrogen (secondary N) is 3. The van der Waals surface area contributed by atoms with Gasteiger partial charge < -0.3 is 5.32 Å². The third-order valence-corrected chi connectivity index (χ3v) is 6.24. The van der Waals surface area contributed by atoms with Crippen molar-refractivity contribution >= 4 is 5.91 Å². The Kier molecular flexibility index (Phi) is 4.22. The lowest BCUT2D eigenvalue weighted by Crippen LogP contribution is -2.45. The Morgan fingerprint density at radius 2 is 2.04 bits per heavy atom. The summed E-state index contributed by atoms with van der Waals surface area (Å²) in [5, 5.41) is 12.3. The van der Waals surface area contributed by atoms with Crippen LogP contribution >= 0.6 is 0 Å². The van der Waals surface area contributed by atoms with Gasteiger partial charge in [0.25, 0.3) is 5.91 Å². The van der Waals surface area contributed by atoms with Gasteiger partial charge in [-0.1, -0.05) is 0 Å². The van der Waals surface area contributed by atoms with Crippen LogP contribution in [0.15, 0.2) is 6.20 Å². The lowest BCUT2D eigenvalue weighted by atomic mass is 9.78. The average molecular weight is 339 g/mol. The minimum atomic E-state index is -0.115. The second-order valence-corrected chi connectivity index (χ2v) is 7.79. The van der Waals surface area contributed by atoms with Crippen LogP contribution < -0.4 is 16.2 Å². The number of carbonyl (C=O) groups excluding carboxylic acids is 1. The van der Waals surface area contributed by atoms with Crippen molar-refractivity contribution in [3.63, 3.8) is 0 Å². The Labute approximate surface area is 148 Å². The van der Waals surface area contributed by atoms with E-state index in [0.717, 1.165) is 36.3 Å². The largest absolute Gasteiger partial charge is 0.348 e. The van der Waals surface area contributed by atoms with E-state index in [-0.39, 0.29) is 11.9 Å². The Morgan fingerprint density at radius 1 is 1.24 bits per heavy atom. The summed E-state index contributed by atoms with van der Waals surface area (Å²) in [5.41, 5.74) is 9.56. The number of pyridine rings is 1. The zero-order chi connectivity index (χ0) is 17.6. The van der Waals surface area contributed by atoms with E-state index in [1.54, 1.807) is 0 Å². The third-order valence-electron chi connectivity index (χ3n) is 6.24. The topological polar surface area (TPSA) is 89.8 Å². The van der Waals surface area contributed by atoms with Crippen LogP contribution in [-0.4, -0.2) is 29.0 Å². The van der Waals surface area contributed by atoms with Crippen LogP contribution in [0.1, 0.15) is 59.3 Å². The lowest BCUT2D eigenvalue weighted by Gasteiger charge is -2.33. The third kappa shape index (κ3) is 3.03. The fourth-order valence-corrected chi connectivity index (χ4v) is 4.44. The van der Waals surface area contributed by atoms with Gasteiger partial charge in [0.15, 0.2) is 0 Å². The maximum atomic E-state index is 12.7. The zero-order valence-electron chi connectivity index (χ0n) is 14.8. The molecule has 0 radical (unpaired) electrons. The molecule has 1 aromatic rings. The molecule has 6 nitrogen and oxygen atoms in total. The lowest BCUT2D eigenvalue weighted by molar-refractivity contribution is 0.0908. The molecule has 0 aromatic carbocycles. The first-order valence-corrected chi connectivity index (χ1v) is 9.26. The van der Waals surface area contributed by atoms with E-state index < -0.39 is 0 Å². The number of hydrogen-bond donors (Lipinski definition) is 3. The summed E-state index contributed by atoms with van der Waals surface area (Å²) in [6.07, 6.45) is 7.26. The number of carbonyl (C=O) groups is 1. The maximum Gasteiger partial charge on any atom is 0.270 e. The normalized spacial score (nSPS) is 31.2. The van der Waals surface area contributed by atoms with Crippen molar-refractivity contribution in [1.29, 1.82) is 5.26 Å². The highest BCUT2D eigenvalue weighted by atomic mass is 16.1.